The summed E-state index contributed by atoms with van der Waals surface area (Å²) >= 11 is 3.18. The summed E-state index contributed by atoms with van der Waals surface area (Å²) in [6.07, 6.45) is 3.14. The van der Waals surface area contributed by atoms with Crippen molar-refractivity contribution >= 4 is 27.7 Å². The highest BCUT2D eigenvalue weighted by Gasteiger charge is 2.23. The summed E-state index contributed by atoms with van der Waals surface area (Å²) in [6, 6.07) is 3.71. The van der Waals surface area contributed by atoms with Gasteiger partial charge in [-0.1, -0.05) is 0 Å². The highest BCUT2D eigenvalue weighted by Crippen LogP contribution is 2.21. The monoisotopic (exact) mass is 310 g/mol. The van der Waals surface area contributed by atoms with Gasteiger partial charge in [0, 0.05) is 19.2 Å². The molecule has 0 aliphatic carbocycles. The van der Waals surface area contributed by atoms with E-state index in [9.17, 15) is 4.79 Å². The molecule has 2 aromatic rings. The standard InChI is InChI=1S/C11H11BrN4O2/c12-10-8(2-4-18-10)11(17)15-9-1-3-14-16(9)7-5-13-6-7/h1-4,7,13H,5-6H2,(H,15,17). The summed E-state index contributed by atoms with van der Waals surface area (Å²) < 4.78 is 7.29. The molecule has 7 heteroatoms. The number of nitrogens with one attached hydrogen (secondary N) is 2. The molecule has 6 nitrogen and oxygen atoms in total. The maximum Gasteiger partial charge on any atom is 0.261 e. The van der Waals surface area contributed by atoms with Crippen LogP contribution in [0.15, 0.2) is 33.7 Å². The number of hydrogen-bond acceptors (Lipinski definition) is 4. The number of furan rings is 1. The molecular formula is C11H11BrN4O2. The van der Waals surface area contributed by atoms with Crippen LogP contribution in [-0.2, 0) is 0 Å². The van der Waals surface area contributed by atoms with E-state index in [1.807, 2.05) is 4.68 Å². The molecule has 0 radical (unpaired) electrons. The van der Waals surface area contributed by atoms with Crippen molar-refractivity contribution in [3.05, 3.63) is 34.8 Å². The summed E-state index contributed by atoms with van der Waals surface area (Å²) in [6.45, 7) is 1.75. The van der Waals surface area contributed by atoms with Crippen molar-refractivity contribution in [2.24, 2.45) is 0 Å². The van der Waals surface area contributed by atoms with E-state index < -0.39 is 0 Å². The van der Waals surface area contributed by atoms with Gasteiger partial charge in [-0.2, -0.15) is 5.10 Å². The summed E-state index contributed by atoms with van der Waals surface area (Å²) in [5.74, 6) is 0.476. The molecule has 1 fully saturated rings. The van der Waals surface area contributed by atoms with Crippen LogP contribution >= 0.6 is 15.9 Å². The average Bonchev–Trinajstić information content (AvgIpc) is 2.86. The van der Waals surface area contributed by atoms with Crippen LogP contribution in [0.5, 0.6) is 0 Å². The number of nitrogens with zero attached hydrogens (tertiary/aromatic N) is 2. The highest BCUT2D eigenvalue weighted by atomic mass is 79.9. The Morgan fingerprint density at radius 2 is 2.39 bits per heavy atom. The topological polar surface area (TPSA) is 72.1 Å². The van der Waals surface area contributed by atoms with E-state index in [1.54, 1.807) is 18.3 Å². The number of hydrogen-bond donors (Lipinski definition) is 2. The van der Waals surface area contributed by atoms with E-state index in [2.05, 4.69) is 31.7 Å². The minimum atomic E-state index is -0.218. The van der Waals surface area contributed by atoms with Crippen molar-refractivity contribution in [1.82, 2.24) is 15.1 Å². The van der Waals surface area contributed by atoms with Gasteiger partial charge >= 0.3 is 0 Å². The van der Waals surface area contributed by atoms with Crippen molar-refractivity contribution in [3.8, 4) is 0 Å². The number of rotatable bonds is 3. The van der Waals surface area contributed by atoms with Gasteiger partial charge in [-0.3, -0.25) is 4.79 Å². The molecule has 1 aliphatic rings. The first-order valence-corrected chi connectivity index (χ1v) is 6.33. The summed E-state index contributed by atoms with van der Waals surface area (Å²) in [7, 11) is 0. The zero-order valence-corrected chi connectivity index (χ0v) is 11.0. The fraction of sp³-hybridized carbons (Fsp3) is 0.273. The lowest BCUT2D eigenvalue weighted by Crippen LogP contribution is -2.44. The van der Waals surface area contributed by atoms with Crippen LogP contribution in [0.4, 0.5) is 5.82 Å². The Labute approximate surface area is 111 Å². The normalized spacial score (nSPS) is 15.4. The minimum Gasteiger partial charge on any atom is -0.457 e. The molecule has 0 atom stereocenters. The quantitative estimate of drug-likeness (QED) is 0.904. The Balaban J connectivity index is 1.78. The third kappa shape index (κ3) is 1.95. The smallest absolute Gasteiger partial charge is 0.261 e. The van der Waals surface area contributed by atoms with Crippen molar-refractivity contribution in [1.29, 1.82) is 0 Å². The molecular weight excluding hydrogens is 300 g/mol. The zero-order chi connectivity index (χ0) is 12.5. The summed E-state index contributed by atoms with van der Waals surface area (Å²) in [4.78, 5) is 12.0. The second kappa shape index (κ2) is 4.58. The van der Waals surface area contributed by atoms with Gasteiger partial charge in [0.05, 0.1) is 24.1 Å². The summed E-state index contributed by atoms with van der Waals surface area (Å²) in [5, 5.41) is 10.2. The molecule has 1 saturated heterocycles. The third-order valence-electron chi connectivity index (χ3n) is 2.88. The first kappa shape index (κ1) is 11.5. The number of halogens is 1. The lowest BCUT2D eigenvalue weighted by atomic mass is 10.2. The zero-order valence-electron chi connectivity index (χ0n) is 9.39. The van der Waals surface area contributed by atoms with Crippen molar-refractivity contribution in [2.75, 3.05) is 18.4 Å². The highest BCUT2D eigenvalue weighted by molar-refractivity contribution is 9.10. The number of anilines is 1. The van der Waals surface area contributed by atoms with Crippen molar-refractivity contribution in [2.45, 2.75) is 6.04 Å². The number of amides is 1. The SMILES string of the molecule is O=C(Nc1ccnn1C1CNC1)c1ccoc1Br. The van der Waals surface area contributed by atoms with E-state index in [0.717, 1.165) is 13.1 Å². The lowest BCUT2D eigenvalue weighted by Gasteiger charge is -2.28. The van der Waals surface area contributed by atoms with Crippen LogP contribution in [0.25, 0.3) is 0 Å². The maximum atomic E-state index is 12.0. The van der Waals surface area contributed by atoms with E-state index in [1.165, 1.54) is 6.26 Å². The Morgan fingerprint density at radius 1 is 1.56 bits per heavy atom. The van der Waals surface area contributed by atoms with Gasteiger partial charge in [0.2, 0.25) is 0 Å². The number of carbonyl (C=O) groups excluding carboxylic acids is 1. The van der Waals surface area contributed by atoms with Crippen molar-refractivity contribution in [3.63, 3.8) is 0 Å². The molecule has 18 heavy (non-hydrogen) atoms. The maximum absolute atomic E-state index is 12.0. The van der Waals surface area contributed by atoms with E-state index in [-0.39, 0.29) is 5.91 Å². The minimum absolute atomic E-state index is 0.218. The van der Waals surface area contributed by atoms with Gasteiger partial charge in [0.15, 0.2) is 4.67 Å². The van der Waals surface area contributed by atoms with E-state index in [0.29, 0.717) is 22.1 Å². The van der Waals surface area contributed by atoms with Gasteiger partial charge in [-0.15, -0.1) is 0 Å². The van der Waals surface area contributed by atoms with Gasteiger partial charge in [0.1, 0.15) is 5.82 Å². The second-order valence-electron chi connectivity index (χ2n) is 4.04. The Kier molecular flexibility index (Phi) is 2.92. The van der Waals surface area contributed by atoms with Crippen molar-refractivity contribution < 1.29 is 9.21 Å². The van der Waals surface area contributed by atoms with Gasteiger partial charge in [-0.25, -0.2) is 4.68 Å². The number of carbonyl (C=O) groups is 1. The van der Waals surface area contributed by atoms with Crippen LogP contribution in [-0.4, -0.2) is 28.8 Å². The van der Waals surface area contributed by atoms with Gasteiger partial charge in [-0.05, 0) is 22.0 Å². The molecule has 3 heterocycles. The van der Waals surface area contributed by atoms with Gasteiger partial charge < -0.3 is 15.1 Å². The van der Waals surface area contributed by atoms with E-state index >= 15 is 0 Å². The largest absolute Gasteiger partial charge is 0.457 e. The average molecular weight is 311 g/mol. The van der Waals surface area contributed by atoms with E-state index in [4.69, 9.17) is 4.42 Å². The van der Waals surface area contributed by atoms with Crippen LogP contribution < -0.4 is 10.6 Å². The third-order valence-corrected chi connectivity index (χ3v) is 3.49. The van der Waals surface area contributed by atoms with Crippen LogP contribution in [0, 0.1) is 0 Å². The van der Waals surface area contributed by atoms with Crippen LogP contribution in [0.3, 0.4) is 0 Å². The Hall–Kier alpha value is -1.60. The van der Waals surface area contributed by atoms with Crippen LogP contribution in [0.2, 0.25) is 0 Å². The predicted molar refractivity (Wildman–Crippen MR) is 68.5 cm³/mol. The molecule has 1 amide bonds. The van der Waals surface area contributed by atoms with Gasteiger partial charge in [0.25, 0.3) is 5.91 Å². The first-order valence-electron chi connectivity index (χ1n) is 5.54. The second-order valence-corrected chi connectivity index (χ2v) is 4.76. The fourth-order valence-corrected chi connectivity index (χ4v) is 2.21. The molecule has 0 bridgehead atoms. The Morgan fingerprint density at radius 3 is 3.00 bits per heavy atom. The predicted octanol–water partition coefficient (Wildman–Crippen LogP) is 1.64. The molecule has 0 aromatic carbocycles. The molecule has 94 valence electrons. The molecule has 3 rings (SSSR count). The number of aromatic nitrogens is 2. The fourth-order valence-electron chi connectivity index (χ4n) is 1.79. The molecule has 0 unspecified atom stereocenters. The molecule has 0 saturated carbocycles. The molecule has 0 spiro atoms. The first-order chi connectivity index (χ1) is 8.75. The summed E-state index contributed by atoms with van der Waals surface area (Å²) in [5.41, 5.74) is 0.467. The van der Waals surface area contributed by atoms with Crippen LogP contribution in [0.1, 0.15) is 16.4 Å². The molecule has 2 aromatic heterocycles. The molecule has 2 N–H and O–H groups in total. The Bertz CT molecular complexity index is 573. The lowest BCUT2D eigenvalue weighted by molar-refractivity contribution is 0.102. The molecule has 1 aliphatic heterocycles.